The molecular weight excluding hydrogens is 242 g/mol. The zero-order chi connectivity index (χ0) is 15.1. The third-order valence-corrected chi connectivity index (χ3v) is 4.81. The van der Waals surface area contributed by atoms with E-state index in [-0.39, 0.29) is 11.2 Å². The predicted molar refractivity (Wildman–Crippen MR) is 79.3 cm³/mol. The Morgan fingerprint density at radius 3 is 1.84 bits per heavy atom. The van der Waals surface area contributed by atoms with Gasteiger partial charge in [0.25, 0.3) is 0 Å². The van der Waals surface area contributed by atoms with Gasteiger partial charge < -0.3 is 19.1 Å². The second-order valence-electron chi connectivity index (χ2n) is 7.14. The first kappa shape index (κ1) is 17.0. The van der Waals surface area contributed by atoms with Gasteiger partial charge in [0.1, 0.15) is 0 Å². The van der Waals surface area contributed by atoms with Crippen molar-refractivity contribution in [1.29, 1.82) is 0 Å². The van der Waals surface area contributed by atoms with E-state index in [1.807, 2.05) is 41.5 Å². The molecule has 110 valence electrons. The fraction of sp³-hybridized carbons (Fsp3) is 1.00. The minimum absolute atomic E-state index is 0.321. The Labute approximate surface area is 118 Å². The zero-order valence-electron chi connectivity index (χ0n) is 13.7. The van der Waals surface area contributed by atoms with Crippen molar-refractivity contribution in [2.24, 2.45) is 0 Å². The van der Waals surface area contributed by atoms with E-state index in [2.05, 4.69) is 0 Å². The zero-order valence-corrected chi connectivity index (χ0v) is 13.7. The maximum absolute atomic E-state index is 10.2. The number of hydrogen-bond acceptors (Lipinski definition) is 4. The summed E-state index contributed by atoms with van der Waals surface area (Å²) in [5.41, 5.74) is -2.22. The van der Waals surface area contributed by atoms with Crippen LogP contribution in [0.15, 0.2) is 0 Å². The number of rotatable bonds is 5. The van der Waals surface area contributed by atoms with Crippen molar-refractivity contribution in [3.05, 3.63) is 0 Å². The van der Waals surface area contributed by atoms with E-state index in [9.17, 15) is 5.11 Å². The van der Waals surface area contributed by atoms with Crippen LogP contribution >= 0.6 is 0 Å². The molecule has 1 aliphatic heterocycles. The lowest BCUT2D eigenvalue weighted by atomic mass is 9.55. The molecule has 1 heterocycles. The summed E-state index contributed by atoms with van der Waals surface area (Å²) in [7, 11) is -0.0699. The highest BCUT2D eigenvalue weighted by molar-refractivity contribution is 7.03. The maximum Gasteiger partial charge on any atom is 0.441 e. The Morgan fingerprint density at radius 1 is 1.11 bits per heavy atom. The van der Waals surface area contributed by atoms with Crippen LogP contribution in [0.1, 0.15) is 61.8 Å². The van der Waals surface area contributed by atoms with Crippen LogP contribution in [0.4, 0.5) is 0 Å². The van der Waals surface area contributed by atoms with Gasteiger partial charge >= 0.3 is 14.4 Å². The van der Waals surface area contributed by atoms with Gasteiger partial charge in [-0.2, -0.15) is 0 Å². The lowest BCUT2D eigenvalue weighted by Gasteiger charge is -2.40. The van der Waals surface area contributed by atoms with Crippen LogP contribution in [0.25, 0.3) is 0 Å². The normalized spacial score (nSPS) is 25.2. The highest BCUT2D eigenvalue weighted by Gasteiger charge is 2.52. The average Bonchev–Trinajstić information content (AvgIpc) is 2.42. The van der Waals surface area contributed by atoms with Gasteiger partial charge in [0, 0.05) is 0 Å². The van der Waals surface area contributed by atoms with E-state index in [0.717, 1.165) is 6.42 Å². The Bertz CT molecular complexity index is 309. The quantitative estimate of drug-likeness (QED) is 0.775. The van der Waals surface area contributed by atoms with Crippen molar-refractivity contribution in [2.75, 3.05) is 0 Å². The fourth-order valence-corrected chi connectivity index (χ4v) is 2.00. The summed E-state index contributed by atoms with van der Waals surface area (Å²) in [6, 6.07) is 0. The Kier molecular flexibility index (Phi) is 4.54. The second-order valence-corrected chi connectivity index (χ2v) is 7.14. The topological polar surface area (TPSA) is 47.9 Å². The molecular formula is C13H28B2O4. The summed E-state index contributed by atoms with van der Waals surface area (Å²) >= 11 is 0. The number of aliphatic hydroxyl groups is 1. The van der Waals surface area contributed by atoms with Crippen LogP contribution in [-0.2, 0) is 14.0 Å². The fourth-order valence-electron chi connectivity index (χ4n) is 2.00. The van der Waals surface area contributed by atoms with E-state index < -0.39 is 18.2 Å². The standard InChI is InChI=1S/C13H28B2O4/c1-9-13(8,10(2,3)16)17-14-15-18-11(4,5)12(6,7)19-15/h14,16H,9H2,1-8H3. The van der Waals surface area contributed by atoms with E-state index in [0.29, 0.717) is 7.37 Å². The lowest BCUT2D eigenvalue weighted by molar-refractivity contribution is -0.103. The van der Waals surface area contributed by atoms with Crippen LogP contribution < -0.4 is 0 Å². The molecule has 1 aliphatic rings. The van der Waals surface area contributed by atoms with Gasteiger partial charge in [-0.15, -0.1) is 0 Å². The molecule has 1 rings (SSSR count). The summed E-state index contributed by atoms with van der Waals surface area (Å²) < 4.78 is 17.7. The molecule has 1 atom stereocenters. The van der Waals surface area contributed by atoms with Gasteiger partial charge in [-0.1, -0.05) is 6.92 Å². The van der Waals surface area contributed by atoms with Gasteiger partial charge in [0.2, 0.25) is 0 Å². The molecule has 1 unspecified atom stereocenters. The Hall–Kier alpha value is -0.0301. The van der Waals surface area contributed by atoms with Gasteiger partial charge in [-0.25, -0.2) is 0 Å². The number of hydrogen-bond donors (Lipinski definition) is 1. The molecule has 0 radical (unpaired) electrons. The molecule has 4 nitrogen and oxygen atoms in total. The molecule has 0 bridgehead atoms. The van der Waals surface area contributed by atoms with Gasteiger partial charge in [-0.3, -0.25) is 0 Å². The van der Waals surface area contributed by atoms with Crippen molar-refractivity contribution in [2.45, 2.75) is 84.2 Å². The van der Waals surface area contributed by atoms with E-state index >= 15 is 0 Å². The van der Waals surface area contributed by atoms with Gasteiger partial charge in [0.05, 0.1) is 22.4 Å². The monoisotopic (exact) mass is 270 g/mol. The first-order chi connectivity index (χ1) is 8.35. The van der Waals surface area contributed by atoms with Crippen molar-refractivity contribution in [3.8, 4) is 0 Å². The molecule has 0 spiro atoms. The molecule has 0 aromatic carbocycles. The molecule has 0 saturated carbocycles. The minimum Gasteiger partial charge on any atom is -0.433 e. The molecule has 19 heavy (non-hydrogen) atoms. The summed E-state index contributed by atoms with van der Waals surface area (Å²) in [4.78, 5) is 0. The molecule has 0 amide bonds. The van der Waals surface area contributed by atoms with Crippen LogP contribution in [-0.4, -0.2) is 41.9 Å². The molecule has 0 aromatic heterocycles. The van der Waals surface area contributed by atoms with Crippen LogP contribution in [0, 0.1) is 0 Å². The molecule has 1 saturated heterocycles. The van der Waals surface area contributed by atoms with Crippen LogP contribution in [0.3, 0.4) is 0 Å². The first-order valence-corrected chi connectivity index (χ1v) is 7.06. The van der Waals surface area contributed by atoms with E-state index in [1.54, 1.807) is 13.8 Å². The van der Waals surface area contributed by atoms with Crippen LogP contribution in [0.2, 0.25) is 0 Å². The van der Waals surface area contributed by atoms with Gasteiger partial charge in [-0.05, 0) is 54.9 Å². The Balaban J connectivity index is 2.65. The largest absolute Gasteiger partial charge is 0.441 e. The van der Waals surface area contributed by atoms with E-state index in [4.69, 9.17) is 14.0 Å². The third kappa shape index (κ3) is 3.35. The third-order valence-electron chi connectivity index (χ3n) is 4.81. The molecule has 1 N–H and O–H groups in total. The maximum atomic E-state index is 10.2. The summed E-state index contributed by atoms with van der Waals surface area (Å²) in [6.07, 6.45) is 0.718. The van der Waals surface area contributed by atoms with Gasteiger partial charge in [0.15, 0.2) is 0 Å². The Morgan fingerprint density at radius 2 is 1.53 bits per heavy atom. The minimum atomic E-state index is -0.911. The predicted octanol–water partition coefficient (Wildman–Crippen LogP) is 1.88. The summed E-state index contributed by atoms with van der Waals surface area (Å²) in [6.45, 7) is 15.5. The lowest BCUT2D eigenvalue weighted by Crippen LogP contribution is -2.52. The SMILES string of the molecule is CCC(C)(OBB1OC(C)(C)C(C)(C)O1)C(C)(C)O. The summed E-state index contributed by atoms with van der Waals surface area (Å²) in [5, 5.41) is 10.2. The molecule has 1 fully saturated rings. The highest BCUT2D eigenvalue weighted by Crippen LogP contribution is 2.37. The van der Waals surface area contributed by atoms with Crippen LogP contribution in [0.5, 0.6) is 0 Å². The van der Waals surface area contributed by atoms with E-state index in [1.165, 1.54) is 0 Å². The van der Waals surface area contributed by atoms with Crippen molar-refractivity contribution < 1.29 is 19.1 Å². The molecule has 0 aliphatic carbocycles. The second kappa shape index (κ2) is 5.06. The molecule has 0 aromatic rings. The van der Waals surface area contributed by atoms with Crippen molar-refractivity contribution in [1.82, 2.24) is 0 Å². The van der Waals surface area contributed by atoms with Crippen molar-refractivity contribution in [3.63, 3.8) is 0 Å². The summed E-state index contributed by atoms with van der Waals surface area (Å²) in [5.74, 6) is 0. The molecule has 6 heteroatoms. The highest BCUT2D eigenvalue weighted by atomic mass is 16.7. The average molecular weight is 270 g/mol. The van der Waals surface area contributed by atoms with Crippen molar-refractivity contribution >= 4 is 14.4 Å². The smallest absolute Gasteiger partial charge is 0.433 e. The first-order valence-electron chi connectivity index (χ1n) is 7.06.